The number of carbonyl (C=O) groups is 2. The van der Waals surface area contributed by atoms with Crippen LogP contribution in [0, 0.1) is 0 Å². The molecule has 0 saturated carbocycles. The van der Waals surface area contributed by atoms with Gasteiger partial charge in [0.15, 0.2) is 0 Å². The number of nitrogens with one attached hydrogen (secondary N) is 1. The Morgan fingerprint density at radius 2 is 2.11 bits per heavy atom. The predicted octanol–water partition coefficient (Wildman–Crippen LogP) is 0.610. The van der Waals surface area contributed by atoms with Crippen LogP contribution >= 0.6 is 0 Å². The first-order valence-corrected chi connectivity index (χ1v) is 6.28. The molecule has 0 aliphatic carbocycles. The van der Waals surface area contributed by atoms with E-state index in [1.165, 1.54) is 6.07 Å². The molecule has 1 unspecified atom stereocenters. The number of aromatic nitrogens is 1. The van der Waals surface area contributed by atoms with E-state index in [1.807, 2.05) is 6.92 Å². The van der Waals surface area contributed by atoms with E-state index in [2.05, 4.69) is 10.3 Å². The molecule has 5 N–H and O–H groups in total. The number of nitrogen functional groups attached to an aromatic ring is 1. The standard InChI is InChI=1S/C13H20N4O2/c1-3-4-10-6-9(7-11(14)17-10)13(19)16-8(2)5-12(15)18/h6-8H,3-5H2,1-2H3,(H2,14,17)(H2,15,18)(H,16,19). The first-order valence-electron chi connectivity index (χ1n) is 6.28. The second-order valence-electron chi connectivity index (χ2n) is 4.57. The van der Waals surface area contributed by atoms with Gasteiger partial charge in [0.05, 0.1) is 0 Å². The fourth-order valence-electron chi connectivity index (χ4n) is 1.79. The summed E-state index contributed by atoms with van der Waals surface area (Å²) in [6.45, 7) is 3.75. The number of nitrogens with two attached hydrogens (primary N) is 2. The van der Waals surface area contributed by atoms with Crippen LogP contribution in [0.25, 0.3) is 0 Å². The van der Waals surface area contributed by atoms with E-state index in [0.717, 1.165) is 18.5 Å². The van der Waals surface area contributed by atoms with Crippen LogP contribution in [0.3, 0.4) is 0 Å². The van der Waals surface area contributed by atoms with Crippen molar-refractivity contribution in [2.75, 3.05) is 5.73 Å². The molecule has 0 aromatic carbocycles. The van der Waals surface area contributed by atoms with Crippen molar-refractivity contribution in [1.29, 1.82) is 0 Å². The van der Waals surface area contributed by atoms with Gasteiger partial charge in [-0.05, 0) is 25.5 Å². The Balaban J connectivity index is 2.78. The van der Waals surface area contributed by atoms with Crippen molar-refractivity contribution in [3.8, 4) is 0 Å². The second-order valence-corrected chi connectivity index (χ2v) is 4.57. The first-order chi connectivity index (χ1) is 8.92. The number of anilines is 1. The van der Waals surface area contributed by atoms with Crippen molar-refractivity contribution in [1.82, 2.24) is 10.3 Å². The highest BCUT2D eigenvalue weighted by atomic mass is 16.2. The molecular formula is C13H20N4O2. The van der Waals surface area contributed by atoms with Gasteiger partial charge < -0.3 is 16.8 Å². The van der Waals surface area contributed by atoms with Crippen molar-refractivity contribution < 1.29 is 9.59 Å². The second kappa shape index (κ2) is 6.72. The number of hydrogen-bond donors (Lipinski definition) is 3. The van der Waals surface area contributed by atoms with Gasteiger partial charge in [-0.1, -0.05) is 13.3 Å². The quantitative estimate of drug-likeness (QED) is 0.699. The maximum atomic E-state index is 12.0. The number of amides is 2. The number of pyridine rings is 1. The van der Waals surface area contributed by atoms with Crippen molar-refractivity contribution in [3.05, 3.63) is 23.4 Å². The van der Waals surface area contributed by atoms with E-state index in [9.17, 15) is 9.59 Å². The summed E-state index contributed by atoms with van der Waals surface area (Å²) in [7, 11) is 0. The number of rotatable bonds is 6. The number of aryl methyl sites for hydroxylation is 1. The fourth-order valence-corrected chi connectivity index (χ4v) is 1.79. The molecule has 6 heteroatoms. The van der Waals surface area contributed by atoms with Gasteiger partial charge in [-0.2, -0.15) is 0 Å². The third-order valence-corrected chi connectivity index (χ3v) is 2.55. The summed E-state index contributed by atoms with van der Waals surface area (Å²) in [5, 5.41) is 2.70. The molecule has 0 aliphatic heterocycles. The molecule has 0 saturated heterocycles. The van der Waals surface area contributed by atoms with Crippen LogP contribution in [0.15, 0.2) is 12.1 Å². The lowest BCUT2D eigenvalue weighted by Gasteiger charge is -2.12. The summed E-state index contributed by atoms with van der Waals surface area (Å²) in [4.78, 5) is 26.9. The SMILES string of the molecule is CCCc1cc(C(=O)NC(C)CC(N)=O)cc(N)n1. The molecule has 1 aromatic rings. The molecule has 0 aliphatic rings. The van der Waals surface area contributed by atoms with E-state index in [1.54, 1.807) is 13.0 Å². The Morgan fingerprint density at radius 1 is 1.42 bits per heavy atom. The van der Waals surface area contributed by atoms with Crippen LogP contribution in [0.2, 0.25) is 0 Å². The Labute approximate surface area is 112 Å². The highest BCUT2D eigenvalue weighted by molar-refractivity contribution is 5.95. The Bertz CT molecular complexity index is 474. The van der Waals surface area contributed by atoms with Crippen LogP contribution in [0.4, 0.5) is 5.82 Å². The van der Waals surface area contributed by atoms with Crippen molar-refractivity contribution in [2.45, 2.75) is 39.2 Å². The van der Waals surface area contributed by atoms with Crippen molar-refractivity contribution in [3.63, 3.8) is 0 Å². The van der Waals surface area contributed by atoms with Gasteiger partial charge in [0, 0.05) is 23.7 Å². The summed E-state index contributed by atoms with van der Waals surface area (Å²) in [5.41, 5.74) is 12.0. The van der Waals surface area contributed by atoms with Gasteiger partial charge in [-0.25, -0.2) is 4.98 Å². The first kappa shape index (κ1) is 14.9. The molecule has 1 rings (SSSR count). The lowest BCUT2D eigenvalue weighted by Crippen LogP contribution is -2.35. The van der Waals surface area contributed by atoms with Gasteiger partial charge in [-0.3, -0.25) is 9.59 Å². The van der Waals surface area contributed by atoms with Crippen LogP contribution in [0.1, 0.15) is 42.7 Å². The minimum absolute atomic E-state index is 0.105. The minimum Gasteiger partial charge on any atom is -0.384 e. The third-order valence-electron chi connectivity index (χ3n) is 2.55. The Morgan fingerprint density at radius 3 is 2.68 bits per heavy atom. The van der Waals surface area contributed by atoms with E-state index < -0.39 is 5.91 Å². The highest BCUT2D eigenvalue weighted by Gasteiger charge is 2.13. The lowest BCUT2D eigenvalue weighted by molar-refractivity contribution is -0.118. The minimum atomic E-state index is -0.450. The molecule has 0 fully saturated rings. The van der Waals surface area contributed by atoms with Gasteiger partial charge in [0.2, 0.25) is 5.91 Å². The molecule has 1 heterocycles. The zero-order valence-electron chi connectivity index (χ0n) is 11.3. The largest absolute Gasteiger partial charge is 0.384 e. The van der Waals surface area contributed by atoms with Gasteiger partial charge in [-0.15, -0.1) is 0 Å². The van der Waals surface area contributed by atoms with Crippen LogP contribution in [0.5, 0.6) is 0 Å². The fraction of sp³-hybridized carbons (Fsp3) is 0.462. The van der Waals surface area contributed by atoms with Gasteiger partial charge in [0.1, 0.15) is 5.82 Å². The summed E-state index contributed by atoms with van der Waals surface area (Å²) in [5.74, 6) is -0.410. The van der Waals surface area contributed by atoms with E-state index >= 15 is 0 Å². The molecule has 19 heavy (non-hydrogen) atoms. The zero-order chi connectivity index (χ0) is 14.4. The summed E-state index contributed by atoms with van der Waals surface area (Å²) >= 11 is 0. The molecule has 0 spiro atoms. The molecule has 1 aromatic heterocycles. The normalized spacial score (nSPS) is 11.9. The number of carbonyl (C=O) groups excluding carboxylic acids is 2. The number of nitrogens with zero attached hydrogens (tertiary/aromatic N) is 1. The molecule has 0 bridgehead atoms. The molecular weight excluding hydrogens is 244 g/mol. The summed E-state index contributed by atoms with van der Waals surface area (Å²) < 4.78 is 0. The molecule has 1 atom stereocenters. The summed E-state index contributed by atoms with van der Waals surface area (Å²) in [6, 6.07) is 2.92. The molecule has 2 amide bonds. The average molecular weight is 264 g/mol. The predicted molar refractivity (Wildman–Crippen MR) is 73.4 cm³/mol. The van der Waals surface area contributed by atoms with Crippen LogP contribution in [-0.4, -0.2) is 22.8 Å². The van der Waals surface area contributed by atoms with Crippen molar-refractivity contribution >= 4 is 17.6 Å². The average Bonchev–Trinajstić information content (AvgIpc) is 2.27. The van der Waals surface area contributed by atoms with E-state index in [-0.39, 0.29) is 18.4 Å². The molecule has 6 nitrogen and oxygen atoms in total. The number of hydrogen-bond acceptors (Lipinski definition) is 4. The van der Waals surface area contributed by atoms with Gasteiger partial charge in [0.25, 0.3) is 5.91 Å². The summed E-state index contributed by atoms with van der Waals surface area (Å²) in [6.07, 6.45) is 1.80. The lowest BCUT2D eigenvalue weighted by atomic mass is 10.1. The number of primary amides is 1. The zero-order valence-corrected chi connectivity index (χ0v) is 11.3. The maximum absolute atomic E-state index is 12.0. The molecule has 104 valence electrons. The maximum Gasteiger partial charge on any atom is 0.251 e. The van der Waals surface area contributed by atoms with E-state index in [4.69, 9.17) is 11.5 Å². The Hall–Kier alpha value is -2.11. The smallest absolute Gasteiger partial charge is 0.251 e. The highest BCUT2D eigenvalue weighted by Crippen LogP contribution is 2.10. The monoisotopic (exact) mass is 264 g/mol. The van der Waals surface area contributed by atoms with Crippen LogP contribution in [-0.2, 0) is 11.2 Å². The third kappa shape index (κ3) is 4.95. The van der Waals surface area contributed by atoms with E-state index in [0.29, 0.717) is 11.4 Å². The molecule has 0 radical (unpaired) electrons. The van der Waals surface area contributed by atoms with Gasteiger partial charge >= 0.3 is 0 Å². The van der Waals surface area contributed by atoms with Crippen LogP contribution < -0.4 is 16.8 Å². The topological polar surface area (TPSA) is 111 Å². The Kier molecular flexibility index (Phi) is 5.29. The van der Waals surface area contributed by atoms with Crippen molar-refractivity contribution in [2.24, 2.45) is 5.73 Å².